The fourth-order valence-corrected chi connectivity index (χ4v) is 3.43. The SMILES string of the molecule is CCCCN1CC[C@H](O[C@@H](c2ccccc2)c2ccc(Cl)cc2)C1. The highest BCUT2D eigenvalue weighted by Crippen LogP contribution is 2.30. The highest BCUT2D eigenvalue weighted by Gasteiger charge is 2.26. The van der Waals surface area contributed by atoms with Gasteiger partial charge in [0.2, 0.25) is 0 Å². The van der Waals surface area contributed by atoms with E-state index in [9.17, 15) is 0 Å². The Hall–Kier alpha value is -1.35. The summed E-state index contributed by atoms with van der Waals surface area (Å²) in [6.07, 6.45) is 3.90. The molecule has 3 rings (SSSR count). The minimum Gasteiger partial charge on any atom is -0.364 e. The number of hydrogen-bond donors (Lipinski definition) is 0. The van der Waals surface area contributed by atoms with E-state index in [4.69, 9.17) is 16.3 Å². The average Bonchev–Trinajstić information content (AvgIpc) is 3.07. The van der Waals surface area contributed by atoms with Gasteiger partial charge in [-0.1, -0.05) is 67.4 Å². The van der Waals surface area contributed by atoms with Crippen LogP contribution in [0.1, 0.15) is 43.4 Å². The van der Waals surface area contributed by atoms with E-state index in [0.717, 1.165) is 30.1 Å². The van der Waals surface area contributed by atoms with Crippen LogP contribution in [-0.2, 0) is 4.74 Å². The number of halogens is 1. The molecule has 1 fully saturated rings. The molecule has 0 aliphatic carbocycles. The number of benzene rings is 2. The van der Waals surface area contributed by atoms with Crippen LogP contribution in [0.5, 0.6) is 0 Å². The van der Waals surface area contributed by atoms with Gasteiger partial charge in [0.25, 0.3) is 0 Å². The van der Waals surface area contributed by atoms with Gasteiger partial charge in [-0.05, 0) is 42.6 Å². The maximum atomic E-state index is 6.55. The standard InChI is InChI=1S/C21H26ClNO/c1-2-3-14-23-15-13-20(16-23)24-21(17-7-5-4-6-8-17)18-9-11-19(22)12-10-18/h4-12,20-21H,2-3,13-16H2,1H3/t20-,21-/m0/s1. The summed E-state index contributed by atoms with van der Waals surface area (Å²) >= 11 is 6.05. The Morgan fingerprint density at radius 3 is 2.50 bits per heavy atom. The second kappa shape index (κ2) is 8.66. The van der Waals surface area contributed by atoms with Gasteiger partial charge >= 0.3 is 0 Å². The van der Waals surface area contributed by atoms with E-state index in [1.165, 1.54) is 24.9 Å². The maximum absolute atomic E-state index is 6.55. The molecule has 2 aromatic carbocycles. The molecule has 0 N–H and O–H groups in total. The minimum absolute atomic E-state index is 0.0282. The largest absolute Gasteiger partial charge is 0.364 e. The molecular formula is C21H26ClNO. The van der Waals surface area contributed by atoms with E-state index in [1.54, 1.807) is 0 Å². The molecule has 3 heteroatoms. The van der Waals surface area contributed by atoms with Crippen LogP contribution in [-0.4, -0.2) is 30.6 Å². The third kappa shape index (κ3) is 4.60. The third-order valence-corrected chi connectivity index (χ3v) is 4.91. The third-order valence-electron chi connectivity index (χ3n) is 4.66. The summed E-state index contributed by atoms with van der Waals surface area (Å²) < 4.78 is 6.55. The zero-order chi connectivity index (χ0) is 16.8. The van der Waals surface area contributed by atoms with Gasteiger partial charge < -0.3 is 9.64 Å². The van der Waals surface area contributed by atoms with Gasteiger partial charge in [0.05, 0.1) is 6.10 Å². The highest BCUT2D eigenvalue weighted by molar-refractivity contribution is 6.30. The molecular weight excluding hydrogens is 318 g/mol. The summed E-state index contributed by atoms with van der Waals surface area (Å²) in [4.78, 5) is 2.53. The summed E-state index contributed by atoms with van der Waals surface area (Å²) in [5.74, 6) is 0. The first-order chi connectivity index (χ1) is 11.8. The van der Waals surface area contributed by atoms with Crippen molar-refractivity contribution < 1.29 is 4.74 Å². The summed E-state index contributed by atoms with van der Waals surface area (Å²) in [5.41, 5.74) is 2.37. The molecule has 0 radical (unpaired) electrons. The van der Waals surface area contributed by atoms with E-state index < -0.39 is 0 Å². The Morgan fingerprint density at radius 1 is 1.08 bits per heavy atom. The second-order valence-electron chi connectivity index (χ2n) is 6.54. The van der Waals surface area contributed by atoms with Crippen molar-refractivity contribution in [3.05, 3.63) is 70.7 Å². The summed E-state index contributed by atoms with van der Waals surface area (Å²) in [5, 5.41) is 0.761. The van der Waals surface area contributed by atoms with Crippen molar-refractivity contribution in [3.63, 3.8) is 0 Å². The fraction of sp³-hybridized carbons (Fsp3) is 0.429. The van der Waals surface area contributed by atoms with Crippen molar-refractivity contribution in [3.8, 4) is 0 Å². The first-order valence-corrected chi connectivity index (χ1v) is 9.32. The van der Waals surface area contributed by atoms with Gasteiger partial charge in [-0.15, -0.1) is 0 Å². The van der Waals surface area contributed by atoms with Crippen LogP contribution in [0.2, 0.25) is 5.02 Å². The smallest absolute Gasteiger partial charge is 0.108 e. The molecule has 24 heavy (non-hydrogen) atoms. The molecule has 2 atom stereocenters. The second-order valence-corrected chi connectivity index (χ2v) is 6.98. The lowest BCUT2D eigenvalue weighted by Gasteiger charge is -2.24. The zero-order valence-electron chi connectivity index (χ0n) is 14.3. The van der Waals surface area contributed by atoms with Crippen LogP contribution >= 0.6 is 11.6 Å². The van der Waals surface area contributed by atoms with Crippen molar-refractivity contribution in [2.45, 2.75) is 38.4 Å². The molecule has 0 bridgehead atoms. The van der Waals surface area contributed by atoms with Crippen LogP contribution in [0.4, 0.5) is 0 Å². The quantitative estimate of drug-likeness (QED) is 0.674. The maximum Gasteiger partial charge on any atom is 0.108 e. The van der Waals surface area contributed by atoms with Crippen LogP contribution in [0.3, 0.4) is 0 Å². The lowest BCUT2D eigenvalue weighted by atomic mass is 10.0. The van der Waals surface area contributed by atoms with Crippen molar-refractivity contribution in [1.29, 1.82) is 0 Å². The van der Waals surface area contributed by atoms with Gasteiger partial charge in [-0.25, -0.2) is 0 Å². The molecule has 0 amide bonds. The lowest BCUT2D eigenvalue weighted by molar-refractivity contribution is 0.0142. The van der Waals surface area contributed by atoms with Crippen molar-refractivity contribution in [2.24, 2.45) is 0 Å². The highest BCUT2D eigenvalue weighted by atomic mass is 35.5. The molecule has 0 unspecified atom stereocenters. The van der Waals surface area contributed by atoms with E-state index in [2.05, 4.69) is 48.2 Å². The molecule has 0 aromatic heterocycles. The van der Waals surface area contributed by atoms with Crippen molar-refractivity contribution in [2.75, 3.05) is 19.6 Å². The number of likely N-dealkylation sites (tertiary alicyclic amines) is 1. The predicted molar refractivity (Wildman–Crippen MR) is 101 cm³/mol. The number of ether oxygens (including phenoxy) is 1. The molecule has 128 valence electrons. The Balaban J connectivity index is 1.73. The number of rotatable bonds is 7. The molecule has 1 saturated heterocycles. The van der Waals surface area contributed by atoms with Crippen LogP contribution in [0.15, 0.2) is 54.6 Å². The molecule has 0 spiro atoms. The van der Waals surface area contributed by atoms with Gasteiger partial charge in [-0.2, -0.15) is 0 Å². The monoisotopic (exact) mass is 343 g/mol. The Bertz CT molecular complexity index is 613. The van der Waals surface area contributed by atoms with Crippen molar-refractivity contribution in [1.82, 2.24) is 4.90 Å². The van der Waals surface area contributed by atoms with Crippen LogP contribution in [0.25, 0.3) is 0 Å². The van der Waals surface area contributed by atoms with E-state index in [0.29, 0.717) is 6.10 Å². The number of unbranched alkanes of at least 4 members (excludes halogenated alkanes) is 1. The first kappa shape index (κ1) is 17.5. The summed E-state index contributed by atoms with van der Waals surface area (Å²) in [7, 11) is 0. The van der Waals surface area contributed by atoms with E-state index in [-0.39, 0.29) is 6.10 Å². The minimum atomic E-state index is -0.0282. The molecule has 1 aliphatic heterocycles. The van der Waals surface area contributed by atoms with Gasteiger partial charge in [-0.3, -0.25) is 0 Å². The molecule has 2 aromatic rings. The molecule has 0 saturated carbocycles. The van der Waals surface area contributed by atoms with Crippen LogP contribution < -0.4 is 0 Å². The first-order valence-electron chi connectivity index (χ1n) is 8.94. The van der Waals surface area contributed by atoms with E-state index in [1.807, 2.05) is 18.2 Å². The van der Waals surface area contributed by atoms with E-state index >= 15 is 0 Å². The predicted octanol–water partition coefficient (Wildman–Crippen LogP) is 5.32. The topological polar surface area (TPSA) is 12.5 Å². The Kier molecular flexibility index (Phi) is 6.30. The number of hydrogen-bond acceptors (Lipinski definition) is 2. The summed E-state index contributed by atoms with van der Waals surface area (Å²) in [6, 6.07) is 18.5. The average molecular weight is 344 g/mol. The van der Waals surface area contributed by atoms with Crippen molar-refractivity contribution >= 4 is 11.6 Å². The summed E-state index contributed by atoms with van der Waals surface area (Å²) in [6.45, 7) is 5.62. The Morgan fingerprint density at radius 2 is 1.79 bits per heavy atom. The molecule has 1 aliphatic rings. The lowest BCUT2D eigenvalue weighted by Crippen LogP contribution is -2.25. The van der Waals surface area contributed by atoms with Crippen LogP contribution in [0, 0.1) is 0 Å². The van der Waals surface area contributed by atoms with Gasteiger partial charge in [0, 0.05) is 18.1 Å². The fourth-order valence-electron chi connectivity index (χ4n) is 3.30. The molecule has 1 heterocycles. The molecule has 2 nitrogen and oxygen atoms in total. The van der Waals surface area contributed by atoms with Gasteiger partial charge in [0.15, 0.2) is 0 Å². The zero-order valence-corrected chi connectivity index (χ0v) is 15.1. The van der Waals surface area contributed by atoms with Gasteiger partial charge in [0.1, 0.15) is 6.10 Å². The number of nitrogens with zero attached hydrogens (tertiary/aromatic N) is 1. The Labute approximate surface area is 150 Å². The normalized spacial score (nSPS) is 19.5.